The molecule has 0 saturated heterocycles. The van der Waals surface area contributed by atoms with Crippen molar-refractivity contribution in [1.82, 2.24) is 9.97 Å². The largest absolute Gasteiger partial charge is 0.455 e. The van der Waals surface area contributed by atoms with Crippen molar-refractivity contribution in [1.29, 1.82) is 0 Å². The number of hydrogen-bond donors (Lipinski definition) is 0. The van der Waals surface area contributed by atoms with E-state index in [9.17, 15) is 0 Å². The quantitative estimate of drug-likeness (QED) is 0.182. The van der Waals surface area contributed by atoms with Gasteiger partial charge < -0.3 is 4.42 Å². The molecular weight excluding hydrogens is 645 g/mol. The molecule has 0 spiro atoms. The van der Waals surface area contributed by atoms with Crippen LogP contribution >= 0.6 is 0 Å². The molecule has 1 atom stereocenters. The summed E-state index contributed by atoms with van der Waals surface area (Å²) < 4.78 is 6.71. The first kappa shape index (κ1) is 29.8. The van der Waals surface area contributed by atoms with Gasteiger partial charge in [-0.05, 0) is 74.7 Å². The summed E-state index contributed by atoms with van der Waals surface area (Å²) in [7, 11) is 0. The van der Waals surface area contributed by atoms with Crippen molar-refractivity contribution in [2.75, 3.05) is 0 Å². The molecule has 53 heavy (non-hydrogen) atoms. The fourth-order valence-corrected chi connectivity index (χ4v) is 8.51. The highest BCUT2D eigenvalue weighted by Gasteiger charge is 2.34. The number of para-hydroxylation sites is 1. The number of rotatable bonds is 5. The lowest BCUT2D eigenvalue weighted by Crippen LogP contribution is -2.21. The van der Waals surface area contributed by atoms with Gasteiger partial charge in [-0.1, -0.05) is 158 Å². The Bertz CT molecular complexity index is 2820. The molecule has 0 aliphatic heterocycles. The van der Waals surface area contributed by atoms with E-state index in [1.807, 2.05) is 24.3 Å². The Labute approximate surface area is 307 Å². The van der Waals surface area contributed by atoms with E-state index >= 15 is 0 Å². The van der Waals surface area contributed by atoms with Crippen LogP contribution in [0.4, 0.5) is 0 Å². The number of hydrogen-bond acceptors (Lipinski definition) is 3. The summed E-state index contributed by atoms with van der Waals surface area (Å²) in [6, 6.07) is 44.4. The van der Waals surface area contributed by atoms with E-state index in [1.54, 1.807) is 0 Å². The Kier molecular flexibility index (Phi) is 6.68. The third-order valence-electron chi connectivity index (χ3n) is 11.0. The highest BCUT2D eigenvalue weighted by molar-refractivity contribution is 6.12. The average molecular weight is 677 g/mol. The van der Waals surface area contributed by atoms with E-state index in [1.165, 1.54) is 39.0 Å². The van der Waals surface area contributed by atoms with Gasteiger partial charge in [0.15, 0.2) is 5.82 Å². The number of allylic oxidation sites excluding steroid dienone is 14. The average Bonchev–Trinajstić information content (AvgIpc) is 3.62. The minimum absolute atomic E-state index is 0.287. The van der Waals surface area contributed by atoms with Crippen molar-refractivity contribution in [2.24, 2.45) is 5.92 Å². The van der Waals surface area contributed by atoms with Gasteiger partial charge in [-0.3, -0.25) is 0 Å². The van der Waals surface area contributed by atoms with Crippen molar-refractivity contribution < 1.29 is 4.42 Å². The second-order valence-corrected chi connectivity index (χ2v) is 14.0. The smallest absolute Gasteiger partial charge is 0.164 e. The van der Waals surface area contributed by atoms with E-state index < -0.39 is 0 Å². The molecule has 0 radical (unpaired) electrons. The molecule has 2 aromatic heterocycles. The lowest BCUT2D eigenvalue weighted by Gasteiger charge is -2.36. The van der Waals surface area contributed by atoms with Crippen LogP contribution in [0.5, 0.6) is 0 Å². The Hall–Kier alpha value is -6.84. The van der Waals surface area contributed by atoms with E-state index in [0.29, 0.717) is 5.82 Å². The van der Waals surface area contributed by atoms with Crippen molar-refractivity contribution in [3.05, 3.63) is 209 Å². The van der Waals surface area contributed by atoms with Crippen LogP contribution < -0.4 is 0 Å². The predicted molar refractivity (Wildman–Crippen MR) is 217 cm³/mol. The van der Waals surface area contributed by atoms with Gasteiger partial charge in [-0.2, -0.15) is 0 Å². The molecule has 0 N–H and O–H groups in total. The zero-order chi connectivity index (χ0) is 34.9. The Balaban J connectivity index is 1.09. The molecule has 0 fully saturated rings. The van der Waals surface area contributed by atoms with Gasteiger partial charge in [0, 0.05) is 27.8 Å². The van der Waals surface area contributed by atoms with Crippen LogP contribution in [0.2, 0.25) is 0 Å². The molecule has 4 aliphatic carbocycles. The van der Waals surface area contributed by atoms with Crippen molar-refractivity contribution >= 4 is 27.5 Å². The molecule has 3 nitrogen and oxygen atoms in total. The van der Waals surface area contributed by atoms with E-state index in [2.05, 4.69) is 152 Å². The molecule has 0 saturated carbocycles. The molecule has 3 heteroatoms. The molecule has 2 heterocycles. The maximum atomic E-state index is 6.71. The van der Waals surface area contributed by atoms with Crippen LogP contribution in [-0.2, 0) is 0 Å². The predicted octanol–water partition coefficient (Wildman–Crippen LogP) is 12.7. The molecule has 5 aromatic carbocycles. The Morgan fingerprint density at radius 1 is 0.566 bits per heavy atom. The van der Waals surface area contributed by atoms with Gasteiger partial charge in [-0.15, -0.1) is 0 Å². The molecule has 1 unspecified atom stereocenters. The maximum Gasteiger partial charge on any atom is 0.164 e. The van der Waals surface area contributed by atoms with E-state index in [0.717, 1.165) is 67.6 Å². The highest BCUT2D eigenvalue weighted by Crippen LogP contribution is 2.50. The second kappa shape index (κ2) is 11.9. The zero-order valence-corrected chi connectivity index (χ0v) is 28.8. The van der Waals surface area contributed by atoms with Gasteiger partial charge in [0.25, 0.3) is 0 Å². The van der Waals surface area contributed by atoms with Crippen LogP contribution in [0.1, 0.15) is 12.0 Å². The third kappa shape index (κ3) is 4.82. The minimum Gasteiger partial charge on any atom is -0.455 e. The normalized spacial score (nSPS) is 17.0. The zero-order valence-electron chi connectivity index (χ0n) is 28.8. The molecule has 0 amide bonds. The van der Waals surface area contributed by atoms with Crippen LogP contribution in [0.25, 0.3) is 72.5 Å². The van der Waals surface area contributed by atoms with E-state index in [-0.39, 0.29) is 5.92 Å². The van der Waals surface area contributed by atoms with Gasteiger partial charge >= 0.3 is 0 Å². The third-order valence-corrected chi connectivity index (χ3v) is 11.0. The number of nitrogens with zero attached hydrogens (tertiary/aromatic N) is 2. The van der Waals surface area contributed by atoms with Crippen molar-refractivity contribution in [3.63, 3.8) is 0 Å². The first-order valence-corrected chi connectivity index (χ1v) is 18.2. The summed E-state index contributed by atoms with van der Waals surface area (Å²) in [6.45, 7) is 0. The van der Waals surface area contributed by atoms with Crippen LogP contribution in [-0.4, -0.2) is 9.97 Å². The number of aromatic nitrogens is 2. The minimum atomic E-state index is 0.287. The topological polar surface area (TPSA) is 38.9 Å². The first-order valence-electron chi connectivity index (χ1n) is 18.2. The SMILES string of the molecule is C1=CC2=C3C(=CC=C4C=CC(c5ccc(-c6ccc7c(oc8ccccc87)c6-c6nc(-c7ccccc7)cc(-c7ccccc7)n6)cc5)=C(C=C2)C43)C1. The van der Waals surface area contributed by atoms with Gasteiger partial charge in [0.2, 0.25) is 0 Å². The summed E-state index contributed by atoms with van der Waals surface area (Å²) in [6.07, 6.45) is 19.4. The van der Waals surface area contributed by atoms with Crippen molar-refractivity contribution in [3.8, 4) is 45.0 Å². The number of furan rings is 1. The summed E-state index contributed by atoms with van der Waals surface area (Å²) in [5.41, 5.74) is 17.9. The molecule has 7 aromatic rings. The Morgan fingerprint density at radius 2 is 1.28 bits per heavy atom. The standard InChI is InChI=1S/C50H32N2O/c1-3-10-33(11-4-1)43-30-44(34-12-5-2-6-13-34)52-50(51-43)48-39(28-29-42-40-16-7-8-17-45(40)53-49(42)48)32-20-18-31(19-21-32)38-26-24-37-23-22-35-14-9-15-36-25-27-41(38)47(37)46(35)36/h1-13,15-30,47H,14H2. The first-order chi connectivity index (χ1) is 26.3. The van der Waals surface area contributed by atoms with Gasteiger partial charge in [0.1, 0.15) is 11.2 Å². The van der Waals surface area contributed by atoms with E-state index in [4.69, 9.17) is 14.4 Å². The fourth-order valence-electron chi connectivity index (χ4n) is 8.51. The van der Waals surface area contributed by atoms with Crippen LogP contribution in [0, 0.1) is 5.92 Å². The van der Waals surface area contributed by atoms with Crippen LogP contribution in [0.15, 0.2) is 208 Å². The Morgan fingerprint density at radius 3 is 2.06 bits per heavy atom. The van der Waals surface area contributed by atoms with Gasteiger partial charge in [0.05, 0.1) is 17.0 Å². The maximum absolute atomic E-state index is 6.71. The monoisotopic (exact) mass is 676 g/mol. The molecule has 4 aliphatic rings. The summed E-state index contributed by atoms with van der Waals surface area (Å²) in [5.74, 6) is 0.919. The molecule has 0 bridgehead atoms. The summed E-state index contributed by atoms with van der Waals surface area (Å²) >= 11 is 0. The van der Waals surface area contributed by atoms with Gasteiger partial charge in [-0.25, -0.2) is 9.97 Å². The summed E-state index contributed by atoms with van der Waals surface area (Å²) in [5, 5.41) is 2.12. The van der Waals surface area contributed by atoms with Crippen LogP contribution in [0.3, 0.4) is 0 Å². The fraction of sp³-hybridized carbons (Fsp3) is 0.0400. The molecule has 248 valence electrons. The molecular formula is C50H32N2O. The summed E-state index contributed by atoms with van der Waals surface area (Å²) in [4.78, 5) is 10.6. The second-order valence-electron chi connectivity index (χ2n) is 14.0. The lowest BCUT2D eigenvalue weighted by molar-refractivity contribution is 0.669. The number of benzene rings is 5. The highest BCUT2D eigenvalue weighted by atomic mass is 16.3. The number of fused-ring (bicyclic) bond motifs is 3. The lowest BCUT2D eigenvalue weighted by atomic mass is 9.67. The molecule has 11 rings (SSSR count). The van der Waals surface area contributed by atoms with Crippen molar-refractivity contribution in [2.45, 2.75) is 6.42 Å².